The fraction of sp³-hybridized carbons (Fsp3) is 0. The number of rotatable bonds is 2. The van der Waals surface area contributed by atoms with E-state index in [2.05, 4.69) is 5.32 Å². The van der Waals surface area contributed by atoms with Crippen molar-refractivity contribution >= 4 is 23.0 Å². The van der Waals surface area contributed by atoms with E-state index in [0.717, 1.165) is 0 Å². The van der Waals surface area contributed by atoms with Crippen molar-refractivity contribution in [1.29, 1.82) is 0 Å². The molecule has 0 aromatic heterocycles. The number of nitrogens with two attached hydrogens (primary N) is 2. The third kappa shape index (κ3) is 2.52. The molecule has 2 aromatic rings. The maximum absolute atomic E-state index is 11.9. The van der Waals surface area contributed by atoms with Gasteiger partial charge in [-0.05, 0) is 30.3 Å². The Kier molecular flexibility index (Phi) is 3.05. The molecule has 0 fully saturated rings. The first kappa shape index (κ1) is 11.8. The van der Waals surface area contributed by atoms with Crippen LogP contribution in [0.2, 0.25) is 0 Å². The summed E-state index contributed by atoms with van der Waals surface area (Å²) in [6.07, 6.45) is 0. The Morgan fingerprint density at radius 1 is 1.11 bits per heavy atom. The van der Waals surface area contributed by atoms with Crippen LogP contribution in [0.25, 0.3) is 0 Å². The predicted molar refractivity (Wildman–Crippen MR) is 71.3 cm³/mol. The molecule has 6 N–H and O–H groups in total. The summed E-state index contributed by atoms with van der Waals surface area (Å²) in [5, 5.41) is 11.9. The number of hydrogen-bond donors (Lipinski definition) is 4. The molecule has 2 rings (SSSR count). The highest BCUT2D eigenvalue weighted by Crippen LogP contribution is 2.19. The third-order valence-electron chi connectivity index (χ3n) is 2.42. The van der Waals surface area contributed by atoms with E-state index in [0.29, 0.717) is 22.6 Å². The van der Waals surface area contributed by atoms with Crippen LogP contribution in [0.1, 0.15) is 10.4 Å². The summed E-state index contributed by atoms with van der Waals surface area (Å²) >= 11 is 0. The molecule has 0 aliphatic carbocycles. The summed E-state index contributed by atoms with van der Waals surface area (Å²) in [5.41, 5.74) is 12.9. The topological polar surface area (TPSA) is 101 Å². The molecule has 5 heteroatoms. The standard InChI is InChI=1S/C13H13N3O2/c14-8-4-5-11(12(15)6-8)13(18)16-9-2-1-3-10(17)7-9/h1-7,17H,14-15H2,(H,16,18). The minimum Gasteiger partial charge on any atom is -0.508 e. The monoisotopic (exact) mass is 243 g/mol. The summed E-state index contributed by atoms with van der Waals surface area (Å²) in [7, 11) is 0. The zero-order valence-electron chi connectivity index (χ0n) is 9.55. The zero-order chi connectivity index (χ0) is 13.1. The molecule has 0 saturated heterocycles. The van der Waals surface area contributed by atoms with Gasteiger partial charge in [0.1, 0.15) is 5.75 Å². The zero-order valence-corrected chi connectivity index (χ0v) is 9.55. The van der Waals surface area contributed by atoms with Crippen LogP contribution in [-0.4, -0.2) is 11.0 Å². The molecule has 0 bridgehead atoms. The molecule has 5 nitrogen and oxygen atoms in total. The fourth-order valence-electron chi connectivity index (χ4n) is 1.57. The second-order valence-electron chi connectivity index (χ2n) is 3.85. The van der Waals surface area contributed by atoms with Gasteiger partial charge in [0.05, 0.1) is 5.56 Å². The number of carbonyl (C=O) groups excluding carboxylic acids is 1. The minimum atomic E-state index is -0.349. The van der Waals surface area contributed by atoms with Crippen LogP contribution in [0.4, 0.5) is 17.1 Å². The number of hydrogen-bond acceptors (Lipinski definition) is 4. The Balaban J connectivity index is 2.22. The van der Waals surface area contributed by atoms with E-state index in [1.807, 2.05) is 0 Å². The van der Waals surface area contributed by atoms with E-state index >= 15 is 0 Å². The van der Waals surface area contributed by atoms with Crippen LogP contribution < -0.4 is 16.8 Å². The van der Waals surface area contributed by atoms with Gasteiger partial charge in [0.2, 0.25) is 0 Å². The number of nitrogen functional groups attached to an aromatic ring is 2. The number of phenols is 1. The van der Waals surface area contributed by atoms with Gasteiger partial charge < -0.3 is 21.9 Å². The van der Waals surface area contributed by atoms with Crippen LogP contribution in [0, 0.1) is 0 Å². The van der Waals surface area contributed by atoms with E-state index in [1.165, 1.54) is 18.2 Å². The van der Waals surface area contributed by atoms with Gasteiger partial charge in [-0.15, -0.1) is 0 Å². The summed E-state index contributed by atoms with van der Waals surface area (Å²) in [6, 6.07) is 11.0. The van der Waals surface area contributed by atoms with E-state index in [4.69, 9.17) is 11.5 Å². The largest absolute Gasteiger partial charge is 0.508 e. The second-order valence-corrected chi connectivity index (χ2v) is 3.85. The lowest BCUT2D eigenvalue weighted by atomic mass is 10.1. The maximum Gasteiger partial charge on any atom is 0.257 e. The van der Waals surface area contributed by atoms with Gasteiger partial charge >= 0.3 is 0 Å². The van der Waals surface area contributed by atoms with Crippen molar-refractivity contribution in [2.75, 3.05) is 16.8 Å². The molecule has 0 heterocycles. The number of aromatic hydroxyl groups is 1. The van der Waals surface area contributed by atoms with E-state index < -0.39 is 0 Å². The number of carbonyl (C=O) groups is 1. The van der Waals surface area contributed by atoms with E-state index in [1.54, 1.807) is 24.3 Å². The maximum atomic E-state index is 11.9. The third-order valence-corrected chi connectivity index (χ3v) is 2.42. The number of nitrogens with one attached hydrogen (secondary N) is 1. The van der Waals surface area contributed by atoms with Crippen molar-refractivity contribution in [3.8, 4) is 5.75 Å². The lowest BCUT2D eigenvalue weighted by molar-refractivity contribution is 0.102. The molecule has 0 atom stereocenters. The number of phenolic OH excluding ortho intramolecular Hbond substituents is 1. The molecule has 1 amide bonds. The average molecular weight is 243 g/mol. The molecule has 0 spiro atoms. The average Bonchev–Trinajstić information content (AvgIpc) is 2.28. The van der Waals surface area contributed by atoms with Crippen molar-refractivity contribution in [1.82, 2.24) is 0 Å². The summed E-state index contributed by atoms with van der Waals surface area (Å²) < 4.78 is 0. The lowest BCUT2D eigenvalue weighted by Gasteiger charge is -2.08. The van der Waals surface area contributed by atoms with Gasteiger partial charge in [0.25, 0.3) is 5.91 Å². The van der Waals surface area contributed by atoms with Crippen LogP contribution >= 0.6 is 0 Å². The predicted octanol–water partition coefficient (Wildman–Crippen LogP) is 1.81. The van der Waals surface area contributed by atoms with E-state index in [9.17, 15) is 9.90 Å². The number of anilines is 3. The first-order valence-corrected chi connectivity index (χ1v) is 5.31. The fourth-order valence-corrected chi connectivity index (χ4v) is 1.57. The van der Waals surface area contributed by atoms with Crippen molar-refractivity contribution in [2.24, 2.45) is 0 Å². The normalized spacial score (nSPS) is 10.0. The Morgan fingerprint density at radius 2 is 1.89 bits per heavy atom. The van der Waals surface area contributed by atoms with Crippen LogP contribution in [-0.2, 0) is 0 Å². The Labute approximate surface area is 104 Å². The van der Waals surface area contributed by atoms with Crippen molar-refractivity contribution in [3.05, 3.63) is 48.0 Å². The molecule has 18 heavy (non-hydrogen) atoms. The molecule has 0 saturated carbocycles. The Hall–Kier alpha value is -2.69. The van der Waals surface area contributed by atoms with Gasteiger partial charge in [0.15, 0.2) is 0 Å². The molecule has 92 valence electrons. The highest BCUT2D eigenvalue weighted by Gasteiger charge is 2.10. The van der Waals surface area contributed by atoms with Gasteiger partial charge in [-0.3, -0.25) is 4.79 Å². The SMILES string of the molecule is Nc1ccc(C(=O)Nc2cccc(O)c2)c(N)c1. The Bertz CT molecular complexity index is 597. The summed E-state index contributed by atoms with van der Waals surface area (Å²) in [6.45, 7) is 0. The van der Waals surface area contributed by atoms with Crippen molar-refractivity contribution < 1.29 is 9.90 Å². The molecule has 0 unspecified atom stereocenters. The summed E-state index contributed by atoms with van der Waals surface area (Å²) in [4.78, 5) is 11.9. The minimum absolute atomic E-state index is 0.0816. The lowest BCUT2D eigenvalue weighted by Crippen LogP contribution is -2.14. The van der Waals surface area contributed by atoms with Gasteiger partial charge in [-0.2, -0.15) is 0 Å². The molecule has 2 aromatic carbocycles. The van der Waals surface area contributed by atoms with Crippen LogP contribution in [0.15, 0.2) is 42.5 Å². The van der Waals surface area contributed by atoms with Crippen molar-refractivity contribution in [3.63, 3.8) is 0 Å². The molecular weight excluding hydrogens is 230 g/mol. The molecule has 0 aliphatic heterocycles. The van der Waals surface area contributed by atoms with Gasteiger partial charge in [-0.1, -0.05) is 6.07 Å². The highest BCUT2D eigenvalue weighted by atomic mass is 16.3. The van der Waals surface area contributed by atoms with Gasteiger partial charge in [0, 0.05) is 23.1 Å². The molecular formula is C13H13N3O2. The smallest absolute Gasteiger partial charge is 0.257 e. The first-order chi connectivity index (χ1) is 8.56. The quantitative estimate of drug-likeness (QED) is 0.604. The second kappa shape index (κ2) is 4.67. The summed E-state index contributed by atoms with van der Waals surface area (Å²) in [5.74, 6) is -0.267. The Morgan fingerprint density at radius 3 is 2.56 bits per heavy atom. The van der Waals surface area contributed by atoms with Crippen LogP contribution in [0.3, 0.4) is 0 Å². The molecule has 0 aliphatic rings. The first-order valence-electron chi connectivity index (χ1n) is 5.31. The highest BCUT2D eigenvalue weighted by molar-refractivity contribution is 6.08. The van der Waals surface area contributed by atoms with E-state index in [-0.39, 0.29) is 11.7 Å². The molecule has 0 radical (unpaired) electrons. The number of amides is 1. The van der Waals surface area contributed by atoms with Gasteiger partial charge in [-0.25, -0.2) is 0 Å². The van der Waals surface area contributed by atoms with Crippen LogP contribution in [0.5, 0.6) is 5.75 Å². The number of benzene rings is 2. The van der Waals surface area contributed by atoms with Crippen molar-refractivity contribution in [2.45, 2.75) is 0 Å².